The summed E-state index contributed by atoms with van der Waals surface area (Å²) >= 11 is 0. The third kappa shape index (κ3) is 3.66. The number of hydrogen-bond acceptors (Lipinski definition) is 5. The number of nitro groups is 1. The number of aliphatic hydroxyl groups excluding tert-OH is 1. The average molecular weight is 289 g/mol. The molecule has 1 heterocycles. The predicted molar refractivity (Wildman–Crippen MR) is 82.3 cm³/mol. The quantitative estimate of drug-likeness (QED) is 0.630. The van der Waals surface area contributed by atoms with Gasteiger partial charge in [-0.05, 0) is 18.4 Å². The zero-order valence-corrected chi connectivity index (χ0v) is 12.1. The van der Waals surface area contributed by atoms with E-state index in [9.17, 15) is 15.2 Å². The molecule has 0 fully saturated rings. The predicted octanol–water partition coefficient (Wildman–Crippen LogP) is 2.96. The van der Waals surface area contributed by atoms with Crippen LogP contribution < -0.4 is 5.32 Å². The fraction of sp³-hybridized carbons (Fsp3) is 0.400. The van der Waals surface area contributed by atoms with Crippen molar-refractivity contribution in [2.24, 2.45) is 5.92 Å². The van der Waals surface area contributed by atoms with Crippen LogP contribution >= 0.6 is 0 Å². The molecular formula is C15H19N3O3. The summed E-state index contributed by atoms with van der Waals surface area (Å²) in [5, 5.41) is 24.8. The van der Waals surface area contributed by atoms with Gasteiger partial charge in [-0.1, -0.05) is 32.0 Å². The van der Waals surface area contributed by atoms with Gasteiger partial charge in [-0.25, -0.2) is 4.98 Å². The van der Waals surface area contributed by atoms with Crippen molar-refractivity contribution < 1.29 is 10.0 Å². The molecule has 2 N–H and O–H groups in total. The van der Waals surface area contributed by atoms with Crippen molar-refractivity contribution in [1.82, 2.24) is 4.98 Å². The molecule has 2 rings (SSSR count). The van der Waals surface area contributed by atoms with Crippen LogP contribution in [0.15, 0.2) is 30.5 Å². The van der Waals surface area contributed by atoms with Gasteiger partial charge in [-0.2, -0.15) is 0 Å². The zero-order valence-electron chi connectivity index (χ0n) is 12.1. The van der Waals surface area contributed by atoms with Crippen molar-refractivity contribution in [1.29, 1.82) is 0 Å². The fourth-order valence-corrected chi connectivity index (χ4v) is 2.30. The first-order valence-electron chi connectivity index (χ1n) is 6.93. The summed E-state index contributed by atoms with van der Waals surface area (Å²) in [4.78, 5) is 14.8. The Morgan fingerprint density at radius 1 is 1.38 bits per heavy atom. The molecule has 1 aromatic heterocycles. The van der Waals surface area contributed by atoms with Crippen molar-refractivity contribution in [3.8, 4) is 0 Å². The maximum Gasteiger partial charge on any atom is 0.311 e. The number of pyridine rings is 1. The third-order valence-electron chi connectivity index (χ3n) is 3.21. The Hall–Kier alpha value is -2.21. The number of nitrogens with zero attached hydrogens (tertiary/aromatic N) is 2. The number of nitrogens with one attached hydrogen (secondary N) is 1. The lowest BCUT2D eigenvalue weighted by Gasteiger charge is -2.15. The Morgan fingerprint density at radius 2 is 2.10 bits per heavy atom. The molecule has 6 nitrogen and oxygen atoms in total. The molecular weight excluding hydrogens is 270 g/mol. The Bertz CT molecular complexity index is 643. The molecule has 0 bridgehead atoms. The van der Waals surface area contributed by atoms with Crippen molar-refractivity contribution in [2.45, 2.75) is 26.4 Å². The van der Waals surface area contributed by atoms with Gasteiger partial charge in [0, 0.05) is 11.9 Å². The summed E-state index contributed by atoms with van der Waals surface area (Å²) in [5.41, 5.74) is 1.02. The SMILES string of the molecule is CC(C)CC(O)CNc1c([N+](=O)[O-])cnc2ccccc12. The molecule has 1 unspecified atom stereocenters. The van der Waals surface area contributed by atoms with Gasteiger partial charge >= 0.3 is 5.69 Å². The number of aromatic nitrogens is 1. The molecule has 0 saturated carbocycles. The number of hydrogen-bond donors (Lipinski definition) is 2. The van der Waals surface area contributed by atoms with Gasteiger partial charge in [0.05, 0.1) is 16.5 Å². The van der Waals surface area contributed by atoms with E-state index in [0.29, 0.717) is 28.9 Å². The molecule has 1 aromatic carbocycles. The molecule has 0 aliphatic heterocycles. The highest BCUT2D eigenvalue weighted by atomic mass is 16.6. The van der Waals surface area contributed by atoms with Crippen LogP contribution in [0.5, 0.6) is 0 Å². The maximum atomic E-state index is 11.2. The third-order valence-corrected chi connectivity index (χ3v) is 3.21. The van der Waals surface area contributed by atoms with Crippen molar-refractivity contribution >= 4 is 22.3 Å². The van der Waals surface area contributed by atoms with Gasteiger partial charge in [-0.15, -0.1) is 0 Å². The van der Waals surface area contributed by atoms with Gasteiger partial charge in [-0.3, -0.25) is 10.1 Å². The van der Waals surface area contributed by atoms with Crippen LogP contribution in [0.1, 0.15) is 20.3 Å². The number of fused-ring (bicyclic) bond motifs is 1. The number of para-hydroxylation sites is 1. The van der Waals surface area contributed by atoms with Crippen LogP contribution in [0.3, 0.4) is 0 Å². The molecule has 112 valence electrons. The second-order valence-electron chi connectivity index (χ2n) is 5.46. The van der Waals surface area contributed by atoms with Crippen LogP contribution in [-0.4, -0.2) is 27.7 Å². The molecule has 2 aromatic rings. The molecule has 1 atom stereocenters. The van der Waals surface area contributed by atoms with Crippen molar-refractivity contribution in [2.75, 3.05) is 11.9 Å². The van der Waals surface area contributed by atoms with Crippen molar-refractivity contribution in [3.05, 3.63) is 40.6 Å². The van der Waals surface area contributed by atoms with E-state index in [0.717, 1.165) is 0 Å². The van der Waals surface area contributed by atoms with Crippen LogP contribution in [0, 0.1) is 16.0 Å². The zero-order chi connectivity index (χ0) is 15.4. The lowest BCUT2D eigenvalue weighted by molar-refractivity contribution is -0.384. The Kier molecular flexibility index (Phi) is 4.70. The van der Waals surface area contributed by atoms with Crippen LogP contribution in [0.2, 0.25) is 0 Å². The van der Waals surface area contributed by atoms with Gasteiger partial charge in [0.1, 0.15) is 11.9 Å². The van der Waals surface area contributed by atoms with Crippen molar-refractivity contribution in [3.63, 3.8) is 0 Å². The second-order valence-corrected chi connectivity index (χ2v) is 5.46. The lowest BCUT2D eigenvalue weighted by atomic mass is 10.1. The van der Waals surface area contributed by atoms with Crippen LogP contribution in [-0.2, 0) is 0 Å². The number of rotatable bonds is 6. The van der Waals surface area contributed by atoms with E-state index in [1.165, 1.54) is 6.20 Å². The molecule has 21 heavy (non-hydrogen) atoms. The van der Waals surface area contributed by atoms with Gasteiger partial charge < -0.3 is 10.4 Å². The normalized spacial score (nSPS) is 12.6. The smallest absolute Gasteiger partial charge is 0.311 e. The molecule has 0 spiro atoms. The fourth-order valence-electron chi connectivity index (χ4n) is 2.30. The van der Waals surface area contributed by atoms with Gasteiger partial charge in [0.15, 0.2) is 0 Å². The summed E-state index contributed by atoms with van der Waals surface area (Å²) in [6, 6.07) is 7.23. The van der Waals surface area contributed by atoms with E-state index < -0.39 is 11.0 Å². The molecule has 0 aliphatic carbocycles. The minimum absolute atomic E-state index is 0.0783. The summed E-state index contributed by atoms with van der Waals surface area (Å²) in [6.45, 7) is 4.31. The minimum atomic E-state index is -0.545. The van der Waals surface area contributed by atoms with E-state index >= 15 is 0 Å². The highest BCUT2D eigenvalue weighted by molar-refractivity contribution is 5.95. The minimum Gasteiger partial charge on any atom is -0.391 e. The van der Waals surface area contributed by atoms with Crippen LogP contribution in [0.4, 0.5) is 11.4 Å². The Morgan fingerprint density at radius 3 is 2.76 bits per heavy atom. The monoisotopic (exact) mass is 289 g/mol. The first-order valence-corrected chi connectivity index (χ1v) is 6.93. The molecule has 6 heteroatoms. The van der Waals surface area contributed by atoms with Crippen LogP contribution in [0.25, 0.3) is 10.9 Å². The number of anilines is 1. The summed E-state index contributed by atoms with van der Waals surface area (Å²) in [5.74, 6) is 0.367. The van der Waals surface area contributed by atoms with Gasteiger partial charge in [0.2, 0.25) is 0 Å². The lowest BCUT2D eigenvalue weighted by Crippen LogP contribution is -2.21. The molecule has 0 saturated heterocycles. The molecule has 0 aliphatic rings. The van der Waals surface area contributed by atoms with E-state index in [1.807, 2.05) is 26.0 Å². The second kappa shape index (κ2) is 6.49. The maximum absolute atomic E-state index is 11.2. The van der Waals surface area contributed by atoms with E-state index in [1.54, 1.807) is 12.1 Å². The first-order chi connectivity index (χ1) is 9.99. The van der Waals surface area contributed by atoms with Gasteiger partial charge in [0.25, 0.3) is 0 Å². The van der Waals surface area contributed by atoms with E-state index in [2.05, 4.69) is 10.3 Å². The first kappa shape index (κ1) is 15.2. The largest absolute Gasteiger partial charge is 0.391 e. The summed E-state index contributed by atoms with van der Waals surface area (Å²) < 4.78 is 0. The highest BCUT2D eigenvalue weighted by Gasteiger charge is 2.18. The molecule has 0 radical (unpaired) electrons. The number of aliphatic hydroxyl groups is 1. The average Bonchev–Trinajstić information content (AvgIpc) is 2.43. The topological polar surface area (TPSA) is 88.3 Å². The Balaban J connectivity index is 2.31. The summed E-state index contributed by atoms with van der Waals surface area (Å²) in [6.07, 6.45) is 1.35. The molecule has 0 amide bonds. The highest BCUT2D eigenvalue weighted by Crippen LogP contribution is 2.31. The number of benzene rings is 1. The summed E-state index contributed by atoms with van der Waals surface area (Å²) in [7, 11) is 0. The van der Waals surface area contributed by atoms with E-state index in [-0.39, 0.29) is 12.2 Å². The Labute approximate surface area is 123 Å². The van der Waals surface area contributed by atoms with E-state index in [4.69, 9.17) is 0 Å². The standard InChI is InChI=1S/C15H19N3O3/c1-10(2)7-11(19)8-17-15-12-5-3-4-6-13(12)16-9-14(15)18(20)21/h3-6,9-11,19H,7-8H2,1-2H3,(H,16,17).